The van der Waals surface area contributed by atoms with Gasteiger partial charge in [-0.3, -0.25) is 0 Å². The van der Waals surface area contributed by atoms with E-state index in [1.807, 2.05) is 6.92 Å². The van der Waals surface area contributed by atoms with Crippen LogP contribution in [0.2, 0.25) is 0 Å². The summed E-state index contributed by atoms with van der Waals surface area (Å²) in [6.45, 7) is 3.81. The minimum absolute atomic E-state index is 0.0532. The fourth-order valence-corrected chi connectivity index (χ4v) is 1.36. The molecule has 1 fully saturated rings. The second-order valence-corrected chi connectivity index (χ2v) is 2.89. The summed E-state index contributed by atoms with van der Waals surface area (Å²) < 4.78 is 4.83. The Hall–Kier alpha value is -0.770. The molecule has 0 aromatic rings. The van der Waals surface area contributed by atoms with E-state index >= 15 is 0 Å². The lowest BCUT2D eigenvalue weighted by atomic mass is 10.0. The fourth-order valence-electron chi connectivity index (χ4n) is 1.36. The largest absolute Gasteiger partial charge is 0.446 e. The Balaban J connectivity index is 2.28. The van der Waals surface area contributed by atoms with E-state index in [1.165, 1.54) is 0 Å². The van der Waals surface area contributed by atoms with Gasteiger partial charge in [0.2, 0.25) is 0 Å². The highest BCUT2D eigenvalue weighted by molar-refractivity contribution is 5.64. The number of hydrogen-bond donors (Lipinski definition) is 2. The van der Waals surface area contributed by atoms with Crippen molar-refractivity contribution in [2.24, 2.45) is 11.7 Å². The Kier molecular flexibility index (Phi) is 2.70. The molecule has 0 spiro atoms. The molecule has 1 rings (SSSR count). The number of ether oxygens (including phenoxy) is 1. The molecule has 64 valence electrons. The molecular weight excluding hydrogens is 144 g/mol. The fraction of sp³-hybridized carbons (Fsp3) is 0.857. The summed E-state index contributed by atoms with van der Waals surface area (Å²) in [5, 5.41) is 3.19. The zero-order valence-corrected chi connectivity index (χ0v) is 6.67. The molecular formula is C7H14N2O2. The third-order valence-corrected chi connectivity index (χ3v) is 2.06. The summed E-state index contributed by atoms with van der Waals surface area (Å²) in [4.78, 5) is 10.3. The van der Waals surface area contributed by atoms with E-state index in [-0.39, 0.29) is 6.10 Å². The number of rotatable bonds is 2. The van der Waals surface area contributed by atoms with Crippen molar-refractivity contribution >= 4 is 6.09 Å². The van der Waals surface area contributed by atoms with Gasteiger partial charge in [0.15, 0.2) is 0 Å². The lowest BCUT2D eigenvalue weighted by Crippen LogP contribution is -2.28. The van der Waals surface area contributed by atoms with Gasteiger partial charge in [0.25, 0.3) is 0 Å². The number of nitrogens with one attached hydrogen (secondary N) is 1. The summed E-state index contributed by atoms with van der Waals surface area (Å²) in [6, 6.07) is 0. The quantitative estimate of drug-likeness (QED) is 0.598. The minimum Gasteiger partial charge on any atom is -0.446 e. The highest BCUT2D eigenvalue weighted by Crippen LogP contribution is 2.14. The van der Waals surface area contributed by atoms with Gasteiger partial charge in [-0.25, -0.2) is 4.79 Å². The standard InChI is InChI=1S/C7H14N2O2/c1-5(11-7(8)10)6-2-3-9-4-6/h5-6,9H,2-4H2,1H3,(H2,8,10). The first-order chi connectivity index (χ1) is 5.20. The van der Waals surface area contributed by atoms with E-state index in [0.29, 0.717) is 5.92 Å². The van der Waals surface area contributed by atoms with Gasteiger partial charge in [-0.15, -0.1) is 0 Å². The molecule has 1 saturated heterocycles. The van der Waals surface area contributed by atoms with Gasteiger partial charge >= 0.3 is 6.09 Å². The molecule has 0 radical (unpaired) electrons. The van der Waals surface area contributed by atoms with Gasteiger partial charge in [-0.1, -0.05) is 0 Å². The van der Waals surface area contributed by atoms with Gasteiger partial charge in [0, 0.05) is 12.5 Å². The van der Waals surface area contributed by atoms with Crippen LogP contribution in [0.3, 0.4) is 0 Å². The number of carbonyl (C=O) groups excluding carboxylic acids is 1. The molecule has 0 bridgehead atoms. The Morgan fingerprint density at radius 1 is 1.82 bits per heavy atom. The van der Waals surface area contributed by atoms with Crippen molar-refractivity contribution in [3.63, 3.8) is 0 Å². The number of amides is 1. The Morgan fingerprint density at radius 2 is 2.55 bits per heavy atom. The van der Waals surface area contributed by atoms with E-state index in [9.17, 15) is 4.79 Å². The topological polar surface area (TPSA) is 64.3 Å². The summed E-state index contributed by atoms with van der Waals surface area (Å²) >= 11 is 0. The van der Waals surface area contributed by atoms with Gasteiger partial charge in [0.1, 0.15) is 6.10 Å². The lowest BCUT2D eigenvalue weighted by molar-refractivity contribution is 0.0855. The summed E-state index contributed by atoms with van der Waals surface area (Å²) in [5.41, 5.74) is 4.88. The van der Waals surface area contributed by atoms with Crippen LogP contribution in [-0.4, -0.2) is 25.3 Å². The molecule has 0 saturated carbocycles. The van der Waals surface area contributed by atoms with Gasteiger partial charge in [0.05, 0.1) is 0 Å². The maximum Gasteiger partial charge on any atom is 0.404 e. The molecule has 1 aliphatic heterocycles. The monoisotopic (exact) mass is 158 g/mol. The van der Waals surface area contributed by atoms with Crippen LogP contribution < -0.4 is 11.1 Å². The molecule has 4 nitrogen and oxygen atoms in total. The Bertz CT molecular complexity index is 143. The van der Waals surface area contributed by atoms with Crippen molar-refractivity contribution in [1.29, 1.82) is 0 Å². The molecule has 0 aromatic carbocycles. The van der Waals surface area contributed by atoms with Gasteiger partial charge < -0.3 is 15.8 Å². The average molecular weight is 158 g/mol. The lowest BCUT2D eigenvalue weighted by Gasteiger charge is -2.16. The van der Waals surface area contributed by atoms with E-state index in [2.05, 4.69) is 5.32 Å². The second-order valence-electron chi connectivity index (χ2n) is 2.89. The average Bonchev–Trinajstić information content (AvgIpc) is 2.35. The van der Waals surface area contributed by atoms with Crippen LogP contribution in [0.1, 0.15) is 13.3 Å². The van der Waals surface area contributed by atoms with Crippen molar-refractivity contribution < 1.29 is 9.53 Å². The summed E-state index contributed by atoms with van der Waals surface area (Å²) in [5.74, 6) is 0.433. The molecule has 0 aromatic heterocycles. The molecule has 0 aliphatic carbocycles. The molecule has 1 aliphatic rings. The van der Waals surface area contributed by atoms with Crippen LogP contribution in [0.15, 0.2) is 0 Å². The molecule has 3 N–H and O–H groups in total. The summed E-state index contributed by atoms with van der Waals surface area (Å²) in [6.07, 6.45) is 0.334. The van der Waals surface area contributed by atoms with Crippen LogP contribution >= 0.6 is 0 Å². The number of primary amides is 1. The van der Waals surface area contributed by atoms with Crippen molar-refractivity contribution in [3.05, 3.63) is 0 Å². The molecule has 1 heterocycles. The third-order valence-electron chi connectivity index (χ3n) is 2.06. The van der Waals surface area contributed by atoms with Crippen LogP contribution in [0.25, 0.3) is 0 Å². The first kappa shape index (κ1) is 8.33. The minimum atomic E-state index is -0.676. The molecule has 4 heteroatoms. The maximum atomic E-state index is 10.3. The zero-order chi connectivity index (χ0) is 8.27. The predicted molar refractivity (Wildman–Crippen MR) is 41.1 cm³/mol. The first-order valence-electron chi connectivity index (χ1n) is 3.87. The van der Waals surface area contributed by atoms with Crippen LogP contribution in [0.5, 0.6) is 0 Å². The van der Waals surface area contributed by atoms with Gasteiger partial charge in [-0.05, 0) is 19.9 Å². The molecule has 1 amide bonds. The van der Waals surface area contributed by atoms with Gasteiger partial charge in [-0.2, -0.15) is 0 Å². The van der Waals surface area contributed by atoms with Crippen molar-refractivity contribution in [3.8, 4) is 0 Å². The van der Waals surface area contributed by atoms with E-state index < -0.39 is 6.09 Å². The third kappa shape index (κ3) is 2.38. The number of hydrogen-bond acceptors (Lipinski definition) is 3. The van der Waals surface area contributed by atoms with Crippen LogP contribution in [-0.2, 0) is 4.74 Å². The highest BCUT2D eigenvalue weighted by Gasteiger charge is 2.23. The summed E-state index contributed by atoms with van der Waals surface area (Å²) in [7, 11) is 0. The molecule has 2 atom stereocenters. The predicted octanol–water partition coefficient (Wildman–Crippen LogP) is 0.0797. The smallest absolute Gasteiger partial charge is 0.404 e. The van der Waals surface area contributed by atoms with Crippen molar-refractivity contribution in [2.45, 2.75) is 19.4 Å². The SMILES string of the molecule is CC(OC(N)=O)C1CCNC1. The second kappa shape index (κ2) is 3.57. The van der Waals surface area contributed by atoms with Crippen LogP contribution in [0, 0.1) is 5.92 Å². The Morgan fingerprint density at radius 3 is 3.00 bits per heavy atom. The first-order valence-corrected chi connectivity index (χ1v) is 3.87. The number of carbonyl (C=O) groups is 1. The molecule has 11 heavy (non-hydrogen) atoms. The zero-order valence-electron chi connectivity index (χ0n) is 6.67. The Labute approximate surface area is 66.1 Å². The van der Waals surface area contributed by atoms with E-state index in [0.717, 1.165) is 19.5 Å². The van der Waals surface area contributed by atoms with Crippen LogP contribution in [0.4, 0.5) is 4.79 Å². The maximum absolute atomic E-state index is 10.3. The van der Waals surface area contributed by atoms with E-state index in [1.54, 1.807) is 0 Å². The molecule has 2 unspecified atom stereocenters. The normalized spacial score (nSPS) is 26.5. The highest BCUT2D eigenvalue weighted by atomic mass is 16.6. The van der Waals surface area contributed by atoms with Crippen molar-refractivity contribution in [1.82, 2.24) is 5.32 Å². The van der Waals surface area contributed by atoms with E-state index in [4.69, 9.17) is 10.5 Å². The van der Waals surface area contributed by atoms with Crippen molar-refractivity contribution in [2.75, 3.05) is 13.1 Å². The number of nitrogens with two attached hydrogens (primary N) is 1.